The summed E-state index contributed by atoms with van der Waals surface area (Å²) in [6, 6.07) is 3.54. The lowest BCUT2D eigenvalue weighted by molar-refractivity contribution is -0.142. The molecule has 6 nitrogen and oxygen atoms in total. The zero-order valence-electron chi connectivity index (χ0n) is 11.6. The number of phenols is 2. The molecule has 2 rings (SSSR count). The van der Waals surface area contributed by atoms with Gasteiger partial charge in [-0.25, -0.2) is 0 Å². The summed E-state index contributed by atoms with van der Waals surface area (Å²) in [5, 5.41) is 31.3. The van der Waals surface area contributed by atoms with Crippen LogP contribution in [0.4, 0.5) is 0 Å². The van der Waals surface area contributed by atoms with Crippen LogP contribution in [-0.2, 0) is 4.79 Å². The molecule has 1 aromatic rings. The molecule has 4 N–H and O–H groups in total. The molecule has 2 unspecified atom stereocenters. The zero-order valence-corrected chi connectivity index (χ0v) is 11.6. The number of carbonyl (C=O) groups is 2. The number of carbonyl (C=O) groups excluding carboxylic acids is 1. The summed E-state index contributed by atoms with van der Waals surface area (Å²) in [6.07, 6.45) is 3.72. The maximum absolute atomic E-state index is 12.2. The second-order valence-corrected chi connectivity index (χ2v) is 5.33. The van der Waals surface area contributed by atoms with Gasteiger partial charge in [-0.15, -0.1) is 0 Å². The van der Waals surface area contributed by atoms with Crippen molar-refractivity contribution in [1.29, 1.82) is 0 Å². The molecule has 2 atom stereocenters. The van der Waals surface area contributed by atoms with Crippen molar-refractivity contribution in [3.8, 4) is 11.5 Å². The summed E-state index contributed by atoms with van der Waals surface area (Å²) >= 11 is 0. The van der Waals surface area contributed by atoms with Crippen LogP contribution in [0.5, 0.6) is 11.5 Å². The minimum atomic E-state index is -0.927. The van der Waals surface area contributed by atoms with E-state index in [1.807, 2.05) is 0 Å². The first kappa shape index (κ1) is 15.2. The van der Waals surface area contributed by atoms with Gasteiger partial charge >= 0.3 is 5.97 Å². The lowest BCUT2D eigenvalue weighted by atomic mass is 9.94. The van der Waals surface area contributed by atoms with Gasteiger partial charge in [0, 0.05) is 6.04 Å². The minimum Gasteiger partial charge on any atom is -0.507 e. The van der Waals surface area contributed by atoms with Crippen LogP contribution in [0.25, 0.3) is 0 Å². The number of benzene rings is 1. The molecule has 21 heavy (non-hydrogen) atoms. The number of hydrogen-bond acceptors (Lipinski definition) is 4. The largest absolute Gasteiger partial charge is 0.507 e. The van der Waals surface area contributed by atoms with Gasteiger partial charge in [0.15, 0.2) is 0 Å². The van der Waals surface area contributed by atoms with Crippen molar-refractivity contribution in [2.45, 2.75) is 38.1 Å². The Labute approximate surface area is 122 Å². The topological polar surface area (TPSA) is 107 Å². The Kier molecular flexibility index (Phi) is 4.67. The number of aromatic hydroxyl groups is 2. The number of nitrogens with one attached hydrogen (secondary N) is 1. The molecule has 0 aromatic heterocycles. The molecule has 1 fully saturated rings. The molecule has 1 aliphatic carbocycles. The van der Waals surface area contributed by atoms with E-state index in [4.69, 9.17) is 0 Å². The van der Waals surface area contributed by atoms with Crippen LogP contribution in [0.2, 0.25) is 0 Å². The number of carboxylic acid groups (broad SMARTS) is 1. The SMILES string of the molecule is O=C(NC1CCCCCC1C(=O)O)c1c(O)cccc1O. The Morgan fingerprint density at radius 1 is 1.05 bits per heavy atom. The molecule has 0 bridgehead atoms. The third-order valence-corrected chi connectivity index (χ3v) is 3.90. The number of hydrogen-bond donors (Lipinski definition) is 4. The summed E-state index contributed by atoms with van der Waals surface area (Å²) in [7, 11) is 0. The maximum atomic E-state index is 12.2. The number of rotatable bonds is 3. The van der Waals surface area contributed by atoms with Gasteiger partial charge in [0.25, 0.3) is 5.91 Å². The standard InChI is InChI=1S/C15H19NO5/c17-11-7-4-8-12(18)13(11)14(19)16-10-6-3-1-2-5-9(10)15(20)21/h4,7-10,17-18H,1-3,5-6H2,(H,16,19)(H,20,21). The average molecular weight is 293 g/mol. The molecule has 0 saturated heterocycles. The lowest BCUT2D eigenvalue weighted by Gasteiger charge is -2.23. The molecule has 1 amide bonds. The summed E-state index contributed by atoms with van der Waals surface area (Å²) in [5.41, 5.74) is -0.217. The van der Waals surface area contributed by atoms with E-state index in [0.29, 0.717) is 12.8 Å². The van der Waals surface area contributed by atoms with Crippen molar-refractivity contribution in [3.05, 3.63) is 23.8 Å². The Bertz CT molecular complexity index is 523. The molecule has 0 radical (unpaired) electrons. The molecule has 0 heterocycles. The highest BCUT2D eigenvalue weighted by molar-refractivity contribution is 5.99. The van der Waals surface area contributed by atoms with Crippen LogP contribution < -0.4 is 5.32 Å². The lowest BCUT2D eigenvalue weighted by Crippen LogP contribution is -2.42. The number of carboxylic acids is 1. The van der Waals surface area contributed by atoms with Crippen molar-refractivity contribution in [2.75, 3.05) is 0 Å². The van der Waals surface area contributed by atoms with E-state index in [1.165, 1.54) is 18.2 Å². The predicted octanol–water partition coefficient (Wildman–Crippen LogP) is 1.86. The van der Waals surface area contributed by atoms with Crippen LogP contribution in [-0.4, -0.2) is 33.2 Å². The Morgan fingerprint density at radius 2 is 1.67 bits per heavy atom. The van der Waals surface area contributed by atoms with Crippen LogP contribution in [0.1, 0.15) is 42.5 Å². The molecule has 1 aromatic carbocycles. The Morgan fingerprint density at radius 3 is 2.29 bits per heavy atom. The van der Waals surface area contributed by atoms with Crippen molar-refractivity contribution < 1.29 is 24.9 Å². The molecule has 1 aliphatic rings. The predicted molar refractivity (Wildman–Crippen MR) is 75.2 cm³/mol. The van der Waals surface area contributed by atoms with Gasteiger partial charge in [0.05, 0.1) is 5.92 Å². The van der Waals surface area contributed by atoms with Gasteiger partial charge in [-0.3, -0.25) is 9.59 Å². The van der Waals surface area contributed by atoms with Gasteiger partial charge in [0.1, 0.15) is 17.1 Å². The first-order valence-electron chi connectivity index (χ1n) is 7.05. The first-order valence-corrected chi connectivity index (χ1v) is 7.05. The maximum Gasteiger partial charge on any atom is 0.308 e. The van der Waals surface area contributed by atoms with E-state index in [0.717, 1.165) is 19.3 Å². The monoisotopic (exact) mass is 293 g/mol. The number of aliphatic carboxylic acids is 1. The normalized spacial score (nSPS) is 22.3. The van der Waals surface area contributed by atoms with Crippen molar-refractivity contribution in [2.24, 2.45) is 5.92 Å². The highest BCUT2D eigenvalue weighted by Crippen LogP contribution is 2.28. The van der Waals surface area contributed by atoms with Gasteiger partial charge in [-0.2, -0.15) is 0 Å². The molecular weight excluding hydrogens is 274 g/mol. The van der Waals surface area contributed by atoms with Gasteiger partial charge in [0.2, 0.25) is 0 Å². The van der Waals surface area contributed by atoms with E-state index >= 15 is 0 Å². The Balaban J connectivity index is 2.18. The molecule has 0 spiro atoms. The van der Waals surface area contributed by atoms with E-state index in [1.54, 1.807) is 0 Å². The van der Waals surface area contributed by atoms with Crippen molar-refractivity contribution in [3.63, 3.8) is 0 Å². The molecule has 0 aliphatic heterocycles. The summed E-state index contributed by atoms with van der Waals surface area (Å²) < 4.78 is 0. The fourth-order valence-corrected chi connectivity index (χ4v) is 2.78. The number of phenolic OH excluding ortho intramolecular Hbond substituents is 2. The van der Waals surface area contributed by atoms with Crippen molar-refractivity contribution in [1.82, 2.24) is 5.32 Å². The zero-order chi connectivity index (χ0) is 15.4. The summed E-state index contributed by atoms with van der Waals surface area (Å²) in [6.45, 7) is 0. The van der Waals surface area contributed by atoms with Gasteiger partial charge < -0.3 is 20.6 Å². The second kappa shape index (κ2) is 6.47. The Hall–Kier alpha value is -2.24. The molecule has 114 valence electrons. The third-order valence-electron chi connectivity index (χ3n) is 3.90. The van der Waals surface area contributed by atoms with Gasteiger partial charge in [-0.05, 0) is 25.0 Å². The minimum absolute atomic E-state index is 0.217. The average Bonchev–Trinajstić information content (AvgIpc) is 2.64. The van der Waals surface area contributed by atoms with Crippen LogP contribution in [0.3, 0.4) is 0 Å². The molecule has 1 saturated carbocycles. The smallest absolute Gasteiger partial charge is 0.308 e. The highest BCUT2D eigenvalue weighted by atomic mass is 16.4. The summed E-state index contributed by atoms with van der Waals surface area (Å²) in [4.78, 5) is 23.5. The fraction of sp³-hybridized carbons (Fsp3) is 0.467. The first-order chi connectivity index (χ1) is 10.0. The van der Waals surface area contributed by atoms with Crippen LogP contribution in [0.15, 0.2) is 18.2 Å². The second-order valence-electron chi connectivity index (χ2n) is 5.33. The molecular formula is C15H19NO5. The van der Waals surface area contributed by atoms with Gasteiger partial charge in [-0.1, -0.05) is 25.3 Å². The number of amides is 1. The quantitative estimate of drug-likeness (QED) is 0.636. The summed E-state index contributed by atoms with van der Waals surface area (Å²) in [5.74, 6) is -2.86. The van der Waals surface area contributed by atoms with Crippen LogP contribution >= 0.6 is 0 Å². The van der Waals surface area contributed by atoms with Crippen LogP contribution in [0, 0.1) is 5.92 Å². The molecule has 6 heteroatoms. The highest BCUT2D eigenvalue weighted by Gasteiger charge is 2.31. The van der Waals surface area contributed by atoms with E-state index in [2.05, 4.69) is 5.32 Å². The fourth-order valence-electron chi connectivity index (χ4n) is 2.78. The van der Waals surface area contributed by atoms with E-state index in [9.17, 15) is 24.9 Å². The van der Waals surface area contributed by atoms with E-state index in [-0.39, 0.29) is 17.1 Å². The van der Waals surface area contributed by atoms with Crippen molar-refractivity contribution >= 4 is 11.9 Å². The van der Waals surface area contributed by atoms with E-state index < -0.39 is 23.8 Å². The third kappa shape index (κ3) is 3.45.